The molecule has 0 unspecified atom stereocenters. The Kier molecular flexibility index (Phi) is 18.7. The molecule has 6 aromatic carbocycles. The normalized spacial score (nSPS) is 19.9. The van der Waals surface area contributed by atoms with Gasteiger partial charge in [-0.1, -0.05) is 222 Å². The van der Waals surface area contributed by atoms with Crippen LogP contribution in [0.5, 0.6) is 0 Å². The molecule has 7 aliphatic rings. The van der Waals surface area contributed by atoms with E-state index in [0.717, 1.165) is 23.7 Å². The molecule has 484 valence electrons. The van der Waals surface area contributed by atoms with E-state index in [9.17, 15) is 0 Å². The zero-order chi connectivity index (χ0) is 64.2. The first-order valence-corrected chi connectivity index (χ1v) is 46.4. The van der Waals surface area contributed by atoms with Gasteiger partial charge in [0.25, 0.3) is 0 Å². The van der Waals surface area contributed by atoms with Crippen LogP contribution in [-0.4, -0.2) is 24.2 Å². The molecule has 0 N–H and O–H groups in total. The summed E-state index contributed by atoms with van der Waals surface area (Å²) in [6.07, 6.45) is 37.6. The van der Waals surface area contributed by atoms with Gasteiger partial charge in [0.05, 0.1) is 51.5 Å². The number of aryl methyl sites for hydroxylation is 5. The summed E-state index contributed by atoms with van der Waals surface area (Å²) in [5.41, 5.74) is 20.7. The van der Waals surface area contributed by atoms with Gasteiger partial charge in [-0.15, -0.1) is 0 Å². The van der Waals surface area contributed by atoms with E-state index in [1.807, 2.05) is 0 Å². The summed E-state index contributed by atoms with van der Waals surface area (Å²) in [5.74, 6) is 3.04. The van der Waals surface area contributed by atoms with Crippen molar-refractivity contribution in [2.75, 3.05) is 0 Å². The lowest BCUT2D eigenvalue weighted by Gasteiger charge is -2.23. The van der Waals surface area contributed by atoms with Gasteiger partial charge in [0.2, 0.25) is 17.1 Å². The first kappa shape index (κ1) is 64.5. The summed E-state index contributed by atoms with van der Waals surface area (Å²) in [4.78, 5) is 0. The molecular formula is C87H112N3Si3+3. The lowest BCUT2D eigenvalue weighted by molar-refractivity contribution is -0.659. The molecule has 3 nitrogen and oxygen atoms in total. The Morgan fingerprint density at radius 2 is 0.634 bits per heavy atom. The van der Waals surface area contributed by atoms with Crippen molar-refractivity contribution in [3.8, 4) is 33.8 Å². The third kappa shape index (κ3) is 12.8. The van der Waals surface area contributed by atoms with Crippen molar-refractivity contribution >= 4 is 72.1 Å². The summed E-state index contributed by atoms with van der Waals surface area (Å²) in [6.45, 7) is 17.1. The number of hydrogen-bond donors (Lipinski definition) is 0. The molecule has 0 atom stereocenters. The molecule has 3 saturated heterocycles. The number of nitrogens with zero attached hydrogens (tertiary/aromatic N) is 3. The predicted octanol–water partition coefficient (Wildman–Crippen LogP) is 21.1. The standard InChI is InChI=1S/C32H42NSi.C28H36NSi.C27H34NSi/c1-23-30(25-12-6-7-13-25)21-27(24-10-4-5-11-24)22-31(23)32-29-15-14-28(34(3)18-8-9-19-34)20-26(29)16-17-33(32)2;1-20-17-24(22-9-5-6-10-22)19-27(21(20)2)28-26-12-11-25(30(4)15-7-8-16-30)18-23(26)13-14-29(28)3;1-20-10-11-22(21-8-4-5-9-21)19-26(20)27-25-13-12-24(29(3)16-6-7-17-29)18-23(25)14-15-28(27)2/h14-17,20-22,24-25H,4-13,18-19H2,1-3H3;11-14,17-19,22H,5-10,15-16H2,1-4H3;10-15,18-19,21H,4-9,16-17H2,1-3H3/q3*+1. The molecule has 0 bridgehead atoms. The summed E-state index contributed by atoms with van der Waals surface area (Å²) in [7, 11) is 2.94. The van der Waals surface area contributed by atoms with Gasteiger partial charge in [0.15, 0.2) is 18.6 Å². The van der Waals surface area contributed by atoms with Crippen LogP contribution in [0, 0.1) is 27.7 Å². The van der Waals surface area contributed by atoms with E-state index >= 15 is 0 Å². The van der Waals surface area contributed by atoms with Crippen molar-refractivity contribution in [2.24, 2.45) is 21.1 Å². The van der Waals surface area contributed by atoms with Crippen LogP contribution in [0.2, 0.25) is 55.9 Å². The van der Waals surface area contributed by atoms with Crippen molar-refractivity contribution in [1.82, 2.24) is 0 Å². The van der Waals surface area contributed by atoms with Gasteiger partial charge < -0.3 is 0 Å². The van der Waals surface area contributed by atoms with Crippen molar-refractivity contribution in [2.45, 2.75) is 249 Å². The maximum Gasteiger partial charge on any atom is 0.220 e. The molecule has 93 heavy (non-hydrogen) atoms. The maximum absolute atomic E-state index is 2.64. The van der Waals surface area contributed by atoms with Crippen LogP contribution >= 0.6 is 0 Å². The van der Waals surface area contributed by atoms with E-state index in [2.05, 4.69) is 216 Å². The molecule has 16 rings (SSSR count). The van der Waals surface area contributed by atoms with Crippen molar-refractivity contribution in [1.29, 1.82) is 0 Å². The minimum absolute atomic E-state index is 0.753. The van der Waals surface area contributed by atoms with Crippen molar-refractivity contribution in [3.05, 3.63) is 178 Å². The summed E-state index contributed by atoms with van der Waals surface area (Å²) in [5, 5.41) is 13.5. The van der Waals surface area contributed by atoms with Gasteiger partial charge in [0, 0.05) is 23.8 Å². The van der Waals surface area contributed by atoms with E-state index in [0.29, 0.717) is 0 Å². The molecular weight excluding hydrogens is 1170 g/mol. The van der Waals surface area contributed by atoms with Crippen LogP contribution in [0.15, 0.2) is 134 Å². The lowest BCUT2D eigenvalue weighted by Crippen LogP contribution is -2.41. The highest BCUT2D eigenvalue weighted by Crippen LogP contribution is 2.46. The Labute approximate surface area is 563 Å². The topological polar surface area (TPSA) is 11.6 Å². The van der Waals surface area contributed by atoms with E-state index in [-0.39, 0.29) is 0 Å². The molecule has 3 aliphatic heterocycles. The van der Waals surface area contributed by atoms with E-state index in [4.69, 9.17) is 0 Å². The zero-order valence-electron chi connectivity index (χ0n) is 59.2. The molecule has 4 aliphatic carbocycles. The number of benzene rings is 6. The van der Waals surface area contributed by atoms with Gasteiger partial charge in [-0.25, -0.2) is 13.7 Å². The number of pyridine rings is 3. The van der Waals surface area contributed by atoms with Gasteiger partial charge in [-0.2, -0.15) is 0 Å². The number of aromatic nitrogens is 3. The smallest absolute Gasteiger partial charge is 0.200 e. The quantitative estimate of drug-likeness (QED) is 0.0955. The van der Waals surface area contributed by atoms with Gasteiger partial charge in [-0.3, -0.25) is 0 Å². The summed E-state index contributed by atoms with van der Waals surface area (Å²) < 4.78 is 7.07. The second-order valence-corrected chi connectivity index (χ2v) is 46.4. The Bertz CT molecular complexity index is 4230. The third-order valence-corrected chi connectivity index (χ3v) is 39.9. The monoisotopic (exact) mass is 1280 g/mol. The number of hydrogen-bond acceptors (Lipinski definition) is 0. The molecule has 6 heterocycles. The number of fused-ring (bicyclic) bond motifs is 3. The minimum Gasteiger partial charge on any atom is -0.200 e. The SMILES string of the molecule is Cc1c(-c2c3ccc([Si]4(C)CCCC4)cc3cc[n+]2C)cc(C2CCCC2)cc1C1CCCC1.Cc1cc(C2CCCC2)cc(-c2c3ccc([Si]4(C)CCCC4)cc3cc[n+]2C)c1C.Cc1ccc(C2CCCC2)cc1-c1c2ccc([Si]3(C)CCCC3)cc2cc[n+]1C. The van der Waals surface area contributed by atoms with Crippen LogP contribution < -0.4 is 29.3 Å². The van der Waals surface area contributed by atoms with Crippen LogP contribution in [0.25, 0.3) is 66.1 Å². The Morgan fingerprint density at radius 3 is 1.03 bits per heavy atom. The fraction of sp³-hybridized carbons (Fsp3) is 0.483. The minimum atomic E-state index is -1.26. The maximum atomic E-state index is 2.64. The predicted molar refractivity (Wildman–Crippen MR) is 406 cm³/mol. The van der Waals surface area contributed by atoms with E-state index in [1.54, 1.807) is 37.8 Å². The molecule has 0 amide bonds. The Morgan fingerprint density at radius 1 is 0.301 bits per heavy atom. The Hall–Kier alpha value is -5.80. The van der Waals surface area contributed by atoms with Crippen LogP contribution in [-0.2, 0) is 21.1 Å². The van der Waals surface area contributed by atoms with Crippen molar-refractivity contribution in [3.63, 3.8) is 0 Å². The van der Waals surface area contributed by atoms with Crippen LogP contribution in [0.1, 0.15) is 209 Å². The van der Waals surface area contributed by atoms with E-state index < -0.39 is 24.2 Å². The van der Waals surface area contributed by atoms with Crippen molar-refractivity contribution < 1.29 is 13.7 Å². The molecule has 9 aromatic rings. The number of rotatable bonds is 10. The fourth-order valence-corrected chi connectivity index (χ4v) is 31.4. The van der Waals surface area contributed by atoms with Gasteiger partial charge in [-0.05, 0) is 200 Å². The Balaban J connectivity index is 0.000000121. The second-order valence-electron chi connectivity index (χ2n) is 32.3. The molecule has 0 radical (unpaired) electrons. The average molecular weight is 1280 g/mol. The fourth-order valence-electron chi connectivity index (χ4n) is 19.8. The third-order valence-electron chi connectivity index (χ3n) is 26.1. The molecule has 3 aromatic heterocycles. The highest BCUT2D eigenvalue weighted by atomic mass is 28.3. The van der Waals surface area contributed by atoms with Crippen LogP contribution in [0.3, 0.4) is 0 Å². The van der Waals surface area contributed by atoms with Gasteiger partial charge in [0.1, 0.15) is 21.1 Å². The highest BCUT2D eigenvalue weighted by molar-refractivity contribution is 6.92. The highest BCUT2D eigenvalue weighted by Gasteiger charge is 2.37. The first-order chi connectivity index (χ1) is 45.0. The average Bonchev–Trinajstić information content (AvgIpc) is 1.21. The summed E-state index contributed by atoms with van der Waals surface area (Å²) >= 11 is 0. The van der Waals surface area contributed by atoms with E-state index in [1.165, 1.54) is 266 Å². The molecule has 6 heteroatoms. The van der Waals surface area contributed by atoms with Gasteiger partial charge >= 0.3 is 0 Å². The molecule has 0 spiro atoms. The zero-order valence-corrected chi connectivity index (χ0v) is 62.2. The first-order valence-electron chi connectivity index (χ1n) is 37.7. The second kappa shape index (κ2) is 27.0. The van der Waals surface area contributed by atoms with Crippen LogP contribution in [0.4, 0.5) is 0 Å². The largest absolute Gasteiger partial charge is 0.220 e. The lowest BCUT2D eigenvalue weighted by atomic mass is 9.84. The molecule has 7 fully saturated rings. The molecule has 4 saturated carbocycles. The summed E-state index contributed by atoms with van der Waals surface area (Å²) in [6, 6.07) is 55.7.